The summed E-state index contributed by atoms with van der Waals surface area (Å²) >= 11 is 6.07. The molecule has 1 aromatic carbocycles. The molecular formula is C14H20ClNO. The van der Waals surface area contributed by atoms with E-state index < -0.39 is 0 Å². The van der Waals surface area contributed by atoms with E-state index in [0.29, 0.717) is 12.0 Å². The fourth-order valence-electron chi connectivity index (χ4n) is 2.16. The summed E-state index contributed by atoms with van der Waals surface area (Å²) in [6.45, 7) is 5.54. The van der Waals surface area contributed by atoms with Gasteiger partial charge in [-0.05, 0) is 30.9 Å². The van der Waals surface area contributed by atoms with E-state index in [0.717, 1.165) is 22.8 Å². The molecule has 0 amide bonds. The first-order valence-electron chi connectivity index (χ1n) is 6.27. The van der Waals surface area contributed by atoms with Gasteiger partial charge in [-0.25, -0.2) is 0 Å². The van der Waals surface area contributed by atoms with Gasteiger partial charge in [0.15, 0.2) is 0 Å². The Labute approximate surface area is 108 Å². The van der Waals surface area contributed by atoms with E-state index in [4.69, 9.17) is 11.6 Å². The monoisotopic (exact) mass is 253 g/mol. The fourth-order valence-corrected chi connectivity index (χ4v) is 2.33. The largest absolute Gasteiger partial charge is 0.392 e. The summed E-state index contributed by atoms with van der Waals surface area (Å²) in [5.74, 6) is 0.612. The number of aliphatic hydroxyl groups is 1. The Morgan fingerprint density at radius 2 is 2.12 bits per heavy atom. The summed E-state index contributed by atoms with van der Waals surface area (Å²) in [5.41, 5.74) is 2.08. The van der Waals surface area contributed by atoms with Crippen LogP contribution in [-0.2, 0) is 6.61 Å². The highest BCUT2D eigenvalue weighted by atomic mass is 35.5. The molecule has 1 aliphatic rings. The fraction of sp³-hybridized carbons (Fsp3) is 0.571. The van der Waals surface area contributed by atoms with E-state index in [1.54, 1.807) is 0 Å². The maximum atomic E-state index is 9.42. The molecule has 0 saturated heterocycles. The number of anilines is 1. The Balaban J connectivity index is 2.30. The molecule has 94 valence electrons. The van der Waals surface area contributed by atoms with Crippen molar-refractivity contribution in [2.45, 2.75) is 39.3 Å². The molecule has 1 aromatic rings. The van der Waals surface area contributed by atoms with Gasteiger partial charge in [-0.3, -0.25) is 0 Å². The highest BCUT2D eigenvalue weighted by Crippen LogP contribution is 2.35. The third-order valence-corrected chi connectivity index (χ3v) is 3.31. The molecule has 1 N–H and O–H groups in total. The van der Waals surface area contributed by atoms with Gasteiger partial charge in [0, 0.05) is 28.9 Å². The molecule has 17 heavy (non-hydrogen) atoms. The van der Waals surface area contributed by atoms with Gasteiger partial charge in [0.25, 0.3) is 0 Å². The predicted molar refractivity (Wildman–Crippen MR) is 72.6 cm³/mol. The van der Waals surface area contributed by atoms with E-state index >= 15 is 0 Å². The van der Waals surface area contributed by atoms with Crippen molar-refractivity contribution in [3.63, 3.8) is 0 Å². The number of benzene rings is 1. The van der Waals surface area contributed by atoms with Gasteiger partial charge in [0.2, 0.25) is 0 Å². The minimum Gasteiger partial charge on any atom is -0.392 e. The van der Waals surface area contributed by atoms with Gasteiger partial charge in [0.1, 0.15) is 0 Å². The van der Waals surface area contributed by atoms with Crippen molar-refractivity contribution in [3.05, 3.63) is 28.8 Å². The topological polar surface area (TPSA) is 23.5 Å². The minimum absolute atomic E-state index is 0.0772. The van der Waals surface area contributed by atoms with Crippen LogP contribution in [0, 0.1) is 5.92 Å². The molecular weight excluding hydrogens is 234 g/mol. The highest BCUT2D eigenvalue weighted by Gasteiger charge is 2.30. The van der Waals surface area contributed by atoms with Crippen LogP contribution in [0.15, 0.2) is 18.2 Å². The van der Waals surface area contributed by atoms with Crippen molar-refractivity contribution in [2.75, 3.05) is 11.4 Å². The Morgan fingerprint density at radius 1 is 1.41 bits per heavy atom. The third-order valence-electron chi connectivity index (χ3n) is 3.08. The molecule has 0 heterocycles. The van der Waals surface area contributed by atoms with Crippen LogP contribution >= 0.6 is 11.6 Å². The molecule has 0 unspecified atom stereocenters. The zero-order valence-corrected chi connectivity index (χ0v) is 11.2. The summed E-state index contributed by atoms with van der Waals surface area (Å²) in [6, 6.07) is 6.39. The molecule has 3 heteroatoms. The van der Waals surface area contributed by atoms with Crippen molar-refractivity contribution >= 4 is 17.3 Å². The average molecular weight is 254 g/mol. The molecule has 0 aromatic heterocycles. The summed E-state index contributed by atoms with van der Waals surface area (Å²) in [6.07, 6.45) is 2.51. The molecule has 2 nitrogen and oxygen atoms in total. The number of hydrogen-bond donors (Lipinski definition) is 1. The number of rotatable bonds is 5. The van der Waals surface area contributed by atoms with Gasteiger partial charge >= 0.3 is 0 Å². The molecule has 1 saturated carbocycles. The lowest BCUT2D eigenvalue weighted by Crippen LogP contribution is -2.30. The highest BCUT2D eigenvalue weighted by molar-refractivity contribution is 6.30. The summed E-state index contributed by atoms with van der Waals surface area (Å²) < 4.78 is 0. The molecule has 2 rings (SSSR count). The summed E-state index contributed by atoms with van der Waals surface area (Å²) in [5, 5.41) is 10.2. The second kappa shape index (κ2) is 5.28. The molecule has 0 atom stereocenters. The lowest BCUT2D eigenvalue weighted by Gasteiger charge is -2.28. The third kappa shape index (κ3) is 3.14. The van der Waals surface area contributed by atoms with Gasteiger partial charge in [-0.2, -0.15) is 0 Å². The van der Waals surface area contributed by atoms with Gasteiger partial charge in [-0.15, -0.1) is 0 Å². The average Bonchev–Trinajstić information content (AvgIpc) is 3.09. The number of halogens is 1. The van der Waals surface area contributed by atoms with E-state index in [-0.39, 0.29) is 6.61 Å². The first-order chi connectivity index (χ1) is 8.11. The summed E-state index contributed by atoms with van der Waals surface area (Å²) in [7, 11) is 0. The number of aliphatic hydroxyl groups excluding tert-OH is 1. The minimum atomic E-state index is 0.0772. The van der Waals surface area contributed by atoms with Crippen LogP contribution in [-0.4, -0.2) is 17.7 Å². The predicted octanol–water partition coefficient (Wildman–Crippen LogP) is 3.46. The van der Waals surface area contributed by atoms with Crippen LogP contribution in [0.2, 0.25) is 5.02 Å². The lowest BCUT2D eigenvalue weighted by atomic mass is 10.1. The molecule has 0 spiro atoms. The smallest absolute Gasteiger partial charge is 0.0702 e. The Hall–Kier alpha value is -0.730. The maximum absolute atomic E-state index is 9.42. The summed E-state index contributed by atoms with van der Waals surface area (Å²) in [4.78, 5) is 2.40. The second-order valence-corrected chi connectivity index (χ2v) is 5.64. The standard InChI is InChI=1S/C14H20ClNO/c1-10(2)8-16(13-5-6-13)14-7-12(15)4-3-11(14)9-17/h3-4,7,10,13,17H,5-6,8-9H2,1-2H3. The molecule has 1 fully saturated rings. The SMILES string of the molecule is CC(C)CN(c1cc(Cl)ccc1CO)C1CC1. The molecule has 0 bridgehead atoms. The number of nitrogens with zero attached hydrogens (tertiary/aromatic N) is 1. The van der Waals surface area contributed by atoms with Crippen molar-refractivity contribution in [3.8, 4) is 0 Å². The van der Waals surface area contributed by atoms with Crippen LogP contribution in [0.25, 0.3) is 0 Å². The van der Waals surface area contributed by atoms with Crippen LogP contribution in [0.4, 0.5) is 5.69 Å². The molecule has 0 radical (unpaired) electrons. The normalized spacial score (nSPS) is 15.4. The molecule has 0 aliphatic heterocycles. The van der Waals surface area contributed by atoms with Crippen LogP contribution < -0.4 is 4.90 Å². The van der Waals surface area contributed by atoms with E-state index in [2.05, 4.69) is 18.7 Å². The van der Waals surface area contributed by atoms with Crippen molar-refractivity contribution in [1.82, 2.24) is 0 Å². The van der Waals surface area contributed by atoms with Crippen LogP contribution in [0.3, 0.4) is 0 Å². The van der Waals surface area contributed by atoms with Crippen molar-refractivity contribution in [2.24, 2.45) is 5.92 Å². The van der Waals surface area contributed by atoms with E-state index in [9.17, 15) is 5.11 Å². The zero-order chi connectivity index (χ0) is 12.4. The number of hydrogen-bond acceptors (Lipinski definition) is 2. The molecule has 1 aliphatic carbocycles. The first kappa shape index (κ1) is 12.7. The van der Waals surface area contributed by atoms with Crippen LogP contribution in [0.1, 0.15) is 32.3 Å². The Morgan fingerprint density at radius 3 is 2.65 bits per heavy atom. The maximum Gasteiger partial charge on any atom is 0.0702 e. The van der Waals surface area contributed by atoms with Gasteiger partial charge in [-0.1, -0.05) is 31.5 Å². The van der Waals surface area contributed by atoms with Gasteiger partial charge < -0.3 is 10.0 Å². The Kier molecular flexibility index (Phi) is 3.95. The van der Waals surface area contributed by atoms with Crippen molar-refractivity contribution in [1.29, 1.82) is 0 Å². The van der Waals surface area contributed by atoms with E-state index in [1.165, 1.54) is 12.8 Å². The van der Waals surface area contributed by atoms with E-state index in [1.807, 2.05) is 18.2 Å². The van der Waals surface area contributed by atoms with Crippen LogP contribution in [0.5, 0.6) is 0 Å². The first-order valence-corrected chi connectivity index (χ1v) is 6.65. The zero-order valence-electron chi connectivity index (χ0n) is 10.5. The quantitative estimate of drug-likeness (QED) is 0.869. The lowest BCUT2D eigenvalue weighted by molar-refractivity contribution is 0.282. The van der Waals surface area contributed by atoms with Crippen molar-refractivity contribution < 1.29 is 5.11 Å². The second-order valence-electron chi connectivity index (χ2n) is 5.21. The Bertz CT molecular complexity index is 388. The van der Waals surface area contributed by atoms with Gasteiger partial charge in [0.05, 0.1) is 6.61 Å².